The molecule has 1 saturated heterocycles. The average Bonchev–Trinajstić information content (AvgIpc) is 2.59. The summed E-state index contributed by atoms with van der Waals surface area (Å²) in [5.74, 6) is 1.01. The van der Waals surface area contributed by atoms with E-state index in [0.29, 0.717) is 0 Å². The van der Waals surface area contributed by atoms with Crippen LogP contribution in [0.4, 0.5) is 0 Å². The quantitative estimate of drug-likeness (QED) is 0.851. The van der Waals surface area contributed by atoms with Crippen molar-refractivity contribution in [1.82, 2.24) is 10.6 Å². The molecule has 4 heteroatoms. The van der Waals surface area contributed by atoms with Crippen LogP contribution in [0.25, 0.3) is 0 Å². The minimum Gasteiger partial charge on any atom is -0.353 e. The Bertz CT molecular complexity index is 712. The van der Waals surface area contributed by atoms with Crippen LogP contribution in [0.5, 0.6) is 0 Å². The van der Waals surface area contributed by atoms with Crippen LogP contribution in [0.2, 0.25) is 0 Å². The number of benzene rings is 2. The molecule has 2 N–H and O–H groups in total. The van der Waals surface area contributed by atoms with Gasteiger partial charge in [-0.25, -0.2) is 0 Å². The third-order valence-corrected chi connectivity index (χ3v) is 4.66. The van der Waals surface area contributed by atoms with Crippen molar-refractivity contribution in [3.63, 3.8) is 0 Å². The van der Waals surface area contributed by atoms with E-state index in [4.69, 9.17) is 12.2 Å². The molecule has 23 heavy (non-hydrogen) atoms. The molecule has 1 aliphatic heterocycles. The molecular formula is C19H21N3S. The molecule has 0 amide bonds. The van der Waals surface area contributed by atoms with Gasteiger partial charge in [0.2, 0.25) is 0 Å². The summed E-state index contributed by atoms with van der Waals surface area (Å²) in [6.45, 7) is 2.10. The summed E-state index contributed by atoms with van der Waals surface area (Å²) in [6, 6.07) is 20.7. The Morgan fingerprint density at radius 3 is 2.22 bits per heavy atom. The zero-order valence-corrected chi connectivity index (χ0v) is 14.2. The van der Waals surface area contributed by atoms with Crippen LogP contribution >= 0.6 is 12.2 Å². The zero-order chi connectivity index (χ0) is 16.3. The molecule has 3 nitrogen and oxygen atoms in total. The summed E-state index contributed by atoms with van der Waals surface area (Å²) in [5.41, 5.74) is 1.97. The Hall–Kier alpha value is -2.20. The first kappa shape index (κ1) is 15.7. The minimum atomic E-state index is -0.430. The Morgan fingerprint density at radius 1 is 1.00 bits per heavy atom. The van der Waals surface area contributed by atoms with Crippen molar-refractivity contribution >= 4 is 23.0 Å². The number of rotatable bonds is 3. The number of nitrogens with zero attached hydrogens (tertiary/aromatic N) is 1. The summed E-state index contributed by atoms with van der Waals surface area (Å²) >= 11 is 5.69. The molecule has 0 aliphatic carbocycles. The number of hydrogen-bond acceptors (Lipinski definition) is 2. The molecule has 1 fully saturated rings. The largest absolute Gasteiger partial charge is 0.353 e. The van der Waals surface area contributed by atoms with Gasteiger partial charge in [0.25, 0.3) is 0 Å². The van der Waals surface area contributed by atoms with Gasteiger partial charge in [0.05, 0.1) is 10.9 Å². The fourth-order valence-electron chi connectivity index (χ4n) is 3.00. The molecule has 0 spiro atoms. The predicted octanol–water partition coefficient (Wildman–Crippen LogP) is 3.27. The van der Waals surface area contributed by atoms with Gasteiger partial charge in [-0.3, -0.25) is 4.99 Å². The van der Waals surface area contributed by atoms with E-state index in [0.717, 1.165) is 22.8 Å². The van der Waals surface area contributed by atoms with E-state index in [-0.39, 0.29) is 5.92 Å². The van der Waals surface area contributed by atoms with Gasteiger partial charge >= 0.3 is 0 Å². The van der Waals surface area contributed by atoms with Gasteiger partial charge in [0, 0.05) is 7.05 Å². The average molecular weight is 323 g/mol. The molecule has 1 aliphatic rings. The van der Waals surface area contributed by atoms with E-state index in [1.807, 2.05) is 31.3 Å². The van der Waals surface area contributed by atoms with Crippen molar-refractivity contribution in [2.24, 2.45) is 10.9 Å². The van der Waals surface area contributed by atoms with E-state index < -0.39 is 5.66 Å². The first-order valence-electron chi connectivity index (χ1n) is 7.79. The maximum absolute atomic E-state index is 5.69. The van der Waals surface area contributed by atoms with E-state index >= 15 is 0 Å². The van der Waals surface area contributed by atoms with E-state index in [1.165, 1.54) is 5.56 Å². The van der Waals surface area contributed by atoms with Crippen LogP contribution in [0.3, 0.4) is 0 Å². The lowest BCUT2D eigenvalue weighted by molar-refractivity contribution is 0.375. The van der Waals surface area contributed by atoms with Crippen LogP contribution in [0.1, 0.15) is 18.1 Å². The molecule has 0 aromatic heterocycles. The lowest BCUT2D eigenvalue weighted by Gasteiger charge is -2.42. The minimum absolute atomic E-state index is 0.0780. The van der Waals surface area contributed by atoms with E-state index in [9.17, 15) is 0 Å². The van der Waals surface area contributed by atoms with Gasteiger partial charge < -0.3 is 10.6 Å². The lowest BCUT2D eigenvalue weighted by atomic mass is 9.90. The van der Waals surface area contributed by atoms with Crippen molar-refractivity contribution < 1.29 is 0 Å². The summed E-state index contributed by atoms with van der Waals surface area (Å²) < 4.78 is 0. The smallest absolute Gasteiger partial charge is 0.133 e. The first-order chi connectivity index (χ1) is 11.1. The highest BCUT2D eigenvalue weighted by molar-refractivity contribution is 7.80. The zero-order valence-electron chi connectivity index (χ0n) is 13.4. The number of thiocarbonyl (C=S) groups is 1. The number of aliphatic imine (C=N–C) groups is 1. The Balaban J connectivity index is 1.86. The number of amidine groups is 1. The van der Waals surface area contributed by atoms with Gasteiger partial charge in [0.1, 0.15) is 11.5 Å². The van der Waals surface area contributed by atoms with Crippen LogP contribution in [-0.4, -0.2) is 17.9 Å². The molecule has 0 bridgehead atoms. The van der Waals surface area contributed by atoms with E-state index in [2.05, 4.69) is 58.9 Å². The second-order valence-corrected chi connectivity index (χ2v) is 6.40. The van der Waals surface area contributed by atoms with Crippen molar-refractivity contribution in [3.8, 4) is 0 Å². The highest BCUT2D eigenvalue weighted by Gasteiger charge is 2.38. The van der Waals surface area contributed by atoms with Gasteiger partial charge in [-0.15, -0.1) is 0 Å². The molecule has 0 radical (unpaired) electrons. The summed E-state index contributed by atoms with van der Waals surface area (Å²) in [7, 11) is 1.82. The van der Waals surface area contributed by atoms with Crippen molar-refractivity contribution in [2.45, 2.75) is 19.0 Å². The lowest BCUT2D eigenvalue weighted by Crippen LogP contribution is -2.64. The fraction of sp³-hybridized carbons (Fsp3) is 0.263. The summed E-state index contributed by atoms with van der Waals surface area (Å²) in [4.78, 5) is 5.31. The molecular weight excluding hydrogens is 302 g/mol. The van der Waals surface area contributed by atoms with Crippen molar-refractivity contribution in [1.29, 1.82) is 0 Å². The van der Waals surface area contributed by atoms with Crippen LogP contribution in [-0.2, 0) is 12.1 Å². The highest BCUT2D eigenvalue weighted by atomic mass is 32.1. The molecule has 118 valence electrons. The molecule has 2 unspecified atom stereocenters. The van der Waals surface area contributed by atoms with Gasteiger partial charge in [-0.05, 0) is 24.5 Å². The van der Waals surface area contributed by atoms with Crippen LogP contribution in [0, 0.1) is 5.92 Å². The standard InChI is InChI=1S/C19H21N3S/c1-19(15-11-7-4-8-12-15)21-17(20-2)16(18(23)22-19)13-14-9-5-3-6-10-14/h3-12,16H,13H2,1-2H3,(H,20,21)(H,22,23). The van der Waals surface area contributed by atoms with Gasteiger partial charge in [0.15, 0.2) is 0 Å². The van der Waals surface area contributed by atoms with Gasteiger partial charge in [-0.1, -0.05) is 72.9 Å². The number of nitrogens with one attached hydrogen (secondary N) is 2. The summed E-state index contributed by atoms with van der Waals surface area (Å²) in [6.07, 6.45) is 0.844. The molecule has 2 atom stereocenters. The van der Waals surface area contributed by atoms with E-state index in [1.54, 1.807) is 0 Å². The molecule has 3 rings (SSSR count). The van der Waals surface area contributed by atoms with Crippen molar-refractivity contribution in [3.05, 3.63) is 71.8 Å². The third kappa shape index (κ3) is 3.27. The Morgan fingerprint density at radius 2 is 1.61 bits per heavy atom. The molecule has 2 aromatic carbocycles. The molecule has 0 saturated carbocycles. The fourth-order valence-corrected chi connectivity index (χ4v) is 3.40. The highest BCUT2D eigenvalue weighted by Crippen LogP contribution is 2.25. The molecule has 2 aromatic rings. The topological polar surface area (TPSA) is 36.4 Å². The maximum atomic E-state index is 5.69. The third-order valence-electron chi connectivity index (χ3n) is 4.27. The van der Waals surface area contributed by atoms with Crippen LogP contribution < -0.4 is 10.6 Å². The Kier molecular flexibility index (Phi) is 4.44. The van der Waals surface area contributed by atoms with Crippen LogP contribution in [0.15, 0.2) is 65.7 Å². The SMILES string of the molecule is CN=C1NC(C)(c2ccccc2)NC(=S)C1Cc1ccccc1. The maximum Gasteiger partial charge on any atom is 0.133 e. The number of hydrogen-bond donors (Lipinski definition) is 2. The Labute approximate surface area is 142 Å². The van der Waals surface area contributed by atoms with Crippen molar-refractivity contribution in [2.75, 3.05) is 7.05 Å². The molecule has 1 heterocycles. The predicted molar refractivity (Wildman–Crippen MR) is 99.7 cm³/mol. The normalized spacial score (nSPS) is 25.7. The van der Waals surface area contributed by atoms with Gasteiger partial charge in [-0.2, -0.15) is 0 Å². The first-order valence-corrected chi connectivity index (χ1v) is 8.19. The second-order valence-electron chi connectivity index (χ2n) is 5.96. The monoisotopic (exact) mass is 323 g/mol. The second kappa shape index (κ2) is 6.50. The summed E-state index contributed by atoms with van der Waals surface area (Å²) in [5, 5.41) is 7.03.